The first-order valence-corrected chi connectivity index (χ1v) is 11.9. The summed E-state index contributed by atoms with van der Waals surface area (Å²) < 4.78 is 21.6. The second-order valence-electron chi connectivity index (χ2n) is 8.85. The molecule has 192 valence electrons. The van der Waals surface area contributed by atoms with Gasteiger partial charge in [-0.2, -0.15) is 4.98 Å². The minimum absolute atomic E-state index is 0.125. The van der Waals surface area contributed by atoms with Gasteiger partial charge in [0.05, 0.1) is 0 Å². The lowest BCUT2D eigenvalue weighted by Gasteiger charge is -2.24. The molecule has 5 aromatic rings. The number of aromatic nitrogens is 6. The van der Waals surface area contributed by atoms with Gasteiger partial charge < -0.3 is 9.63 Å². The molecule has 0 saturated carbocycles. The third-order valence-corrected chi connectivity index (χ3v) is 6.41. The number of pyridine rings is 1. The van der Waals surface area contributed by atoms with Gasteiger partial charge >= 0.3 is 5.97 Å². The maximum atomic E-state index is 14.6. The molecule has 0 amide bonds. The summed E-state index contributed by atoms with van der Waals surface area (Å²) in [6, 6.07) is 17.2. The van der Waals surface area contributed by atoms with Gasteiger partial charge in [0.25, 0.3) is 5.89 Å². The van der Waals surface area contributed by atoms with Gasteiger partial charge in [0, 0.05) is 30.1 Å². The zero-order chi connectivity index (χ0) is 26.7. The van der Waals surface area contributed by atoms with E-state index in [1.54, 1.807) is 49.6 Å². The van der Waals surface area contributed by atoms with Crippen LogP contribution in [0.1, 0.15) is 25.8 Å². The van der Waals surface area contributed by atoms with Crippen LogP contribution in [0.25, 0.3) is 39.9 Å². The number of hydrogen-bond acceptors (Lipinski definition) is 8. The third-order valence-electron chi connectivity index (χ3n) is 6.41. The highest BCUT2D eigenvalue weighted by atomic mass is 19.1. The van der Waals surface area contributed by atoms with E-state index >= 15 is 0 Å². The molecule has 0 fully saturated rings. The molecule has 3 heterocycles. The number of carboxylic acids is 1. The smallest absolute Gasteiger partial charge is 0.323 e. The molecular formula is C27H24FN7O3. The molecule has 1 unspecified atom stereocenters. The van der Waals surface area contributed by atoms with Crippen LogP contribution in [-0.2, 0) is 11.3 Å². The van der Waals surface area contributed by atoms with Crippen molar-refractivity contribution in [3.8, 4) is 39.9 Å². The molecule has 0 aliphatic heterocycles. The lowest BCUT2D eigenvalue weighted by Crippen LogP contribution is -2.48. The highest BCUT2D eigenvalue weighted by molar-refractivity contribution is 5.78. The lowest BCUT2D eigenvalue weighted by atomic mass is 9.98. The predicted molar refractivity (Wildman–Crippen MR) is 136 cm³/mol. The summed E-state index contributed by atoms with van der Waals surface area (Å²) in [5.74, 6) is -0.887. The van der Waals surface area contributed by atoms with Crippen molar-refractivity contribution >= 4 is 5.97 Å². The number of carbonyl (C=O) groups is 1. The number of nitrogens with one attached hydrogen (secondary N) is 1. The molecule has 2 aromatic carbocycles. The molecule has 3 aromatic heterocycles. The van der Waals surface area contributed by atoms with Crippen molar-refractivity contribution in [3.63, 3.8) is 0 Å². The Balaban J connectivity index is 1.45. The Hall–Kier alpha value is -4.77. The van der Waals surface area contributed by atoms with Crippen LogP contribution in [0.3, 0.4) is 0 Å². The fourth-order valence-electron chi connectivity index (χ4n) is 3.84. The number of benzene rings is 2. The Morgan fingerprint density at radius 3 is 2.50 bits per heavy atom. The van der Waals surface area contributed by atoms with E-state index in [1.807, 2.05) is 31.2 Å². The van der Waals surface area contributed by atoms with E-state index < -0.39 is 17.3 Å². The molecule has 0 aliphatic carbocycles. The van der Waals surface area contributed by atoms with Crippen molar-refractivity contribution in [2.24, 2.45) is 0 Å². The second-order valence-corrected chi connectivity index (χ2v) is 8.85. The first-order chi connectivity index (χ1) is 18.4. The van der Waals surface area contributed by atoms with E-state index in [9.17, 15) is 14.3 Å². The van der Waals surface area contributed by atoms with Gasteiger partial charge in [0.15, 0.2) is 5.69 Å². The molecule has 38 heavy (non-hydrogen) atoms. The van der Waals surface area contributed by atoms with Crippen molar-refractivity contribution in [1.82, 2.24) is 35.4 Å². The van der Waals surface area contributed by atoms with Gasteiger partial charge in [-0.1, -0.05) is 53.7 Å². The van der Waals surface area contributed by atoms with Crippen LogP contribution in [0.2, 0.25) is 0 Å². The number of aliphatic carboxylic acids is 1. The number of nitrogens with zero attached hydrogens (tertiary/aromatic N) is 6. The highest BCUT2D eigenvalue weighted by Gasteiger charge is 2.30. The van der Waals surface area contributed by atoms with Crippen molar-refractivity contribution in [1.29, 1.82) is 0 Å². The Morgan fingerprint density at radius 1 is 1.08 bits per heavy atom. The van der Waals surface area contributed by atoms with Crippen LogP contribution in [0, 0.1) is 5.82 Å². The summed E-state index contributed by atoms with van der Waals surface area (Å²) in [6.45, 7) is 3.88. The summed E-state index contributed by atoms with van der Waals surface area (Å²) in [7, 11) is 0. The van der Waals surface area contributed by atoms with Gasteiger partial charge in [-0.3, -0.25) is 15.1 Å². The molecule has 0 aliphatic rings. The zero-order valence-electron chi connectivity index (χ0n) is 20.7. The van der Waals surface area contributed by atoms with Crippen molar-refractivity contribution in [2.45, 2.75) is 32.4 Å². The number of hydrogen-bond donors (Lipinski definition) is 2. The van der Waals surface area contributed by atoms with E-state index in [0.717, 1.165) is 5.56 Å². The quantitative estimate of drug-likeness (QED) is 0.292. The number of carboxylic acid groups (broad SMARTS) is 1. The monoisotopic (exact) mass is 513 g/mol. The largest absolute Gasteiger partial charge is 0.480 e. The van der Waals surface area contributed by atoms with E-state index in [1.165, 1.54) is 10.7 Å². The van der Waals surface area contributed by atoms with Gasteiger partial charge in [-0.15, -0.1) is 5.10 Å². The molecular weight excluding hydrogens is 489 g/mol. The van der Waals surface area contributed by atoms with Crippen LogP contribution >= 0.6 is 0 Å². The van der Waals surface area contributed by atoms with Gasteiger partial charge in [0.1, 0.15) is 22.7 Å². The average Bonchev–Trinajstić information content (AvgIpc) is 3.60. The Bertz CT molecular complexity index is 1570. The summed E-state index contributed by atoms with van der Waals surface area (Å²) in [5, 5.41) is 25.1. The molecule has 0 spiro atoms. The average molecular weight is 514 g/mol. The zero-order valence-corrected chi connectivity index (χ0v) is 20.7. The van der Waals surface area contributed by atoms with Crippen molar-refractivity contribution in [3.05, 3.63) is 84.4 Å². The summed E-state index contributed by atoms with van der Waals surface area (Å²) >= 11 is 0. The first-order valence-electron chi connectivity index (χ1n) is 11.9. The van der Waals surface area contributed by atoms with E-state index in [2.05, 4.69) is 30.8 Å². The fourth-order valence-corrected chi connectivity index (χ4v) is 3.84. The molecule has 0 radical (unpaired) electrons. The fraction of sp³-hybridized carbons (Fsp3) is 0.185. The van der Waals surface area contributed by atoms with Crippen molar-refractivity contribution in [2.75, 3.05) is 0 Å². The second kappa shape index (κ2) is 10.3. The molecule has 1 atom stereocenters. The summed E-state index contributed by atoms with van der Waals surface area (Å²) in [4.78, 5) is 20.1. The standard InChI is InChI=1S/C27H24FN7O3/c1-3-27(2,26(36)37)30-16-17-8-10-19(11-9-17)24-31-25(38-33-24)22-23(18-12-14-29-15-13-18)35(34-32-22)21-7-5-4-6-20(21)28/h4-15,30H,3,16H2,1-2H3,(H,36,37). The highest BCUT2D eigenvalue weighted by Crippen LogP contribution is 2.32. The van der Waals surface area contributed by atoms with Gasteiger partial charge in [-0.05, 0) is 43.2 Å². The van der Waals surface area contributed by atoms with E-state index in [-0.39, 0.29) is 11.6 Å². The maximum Gasteiger partial charge on any atom is 0.323 e. The number of para-hydroxylation sites is 1. The third kappa shape index (κ3) is 4.78. The maximum absolute atomic E-state index is 14.6. The molecule has 5 rings (SSSR count). The SMILES string of the molecule is CCC(C)(NCc1ccc(-c2noc(-c3nnn(-c4ccccc4F)c3-c3ccncc3)n2)cc1)C(=O)O. The van der Waals surface area contributed by atoms with Crippen LogP contribution in [-0.4, -0.2) is 46.7 Å². The Morgan fingerprint density at radius 2 is 1.82 bits per heavy atom. The summed E-state index contributed by atoms with van der Waals surface area (Å²) in [5.41, 5.74) is 2.30. The van der Waals surface area contributed by atoms with Gasteiger partial charge in [-0.25, -0.2) is 9.07 Å². The molecule has 10 nitrogen and oxygen atoms in total. The van der Waals surface area contributed by atoms with E-state index in [4.69, 9.17) is 4.52 Å². The predicted octanol–water partition coefficient (Wildman–Crippen LogP) is 4.53. The first kappa shape index (κ1) is 24.9. The van der Waals surface area contributed by atoms with E-state index in [0.29, 0.717) is 41.3 Å². The van der Waals surface area contributed by atoms with Crippen LogP contribution in [0.5, 0.6) is 0 Å². The van der Waals surface area contributed by atoms with Crippen molar-refractivity contribution < 1.29 is 18.8 Å². The molecule has 0 bridgehead atoms. The molecule has 0 saturated heterocycles. The van der Waals surface area contributed by atoms with Crippen LogP contribution < -0.4 is 5.32 Å². The van der Waals surface area contributed by atoms with Crippen LogP contribution in [0.4, 0.5) is 4.39 Å². The number of rotatable bonds is 9. The summed E-state index contributed by atoms with van der Waals surface area (Å²) in [6.07, 6.45) is 3.69. The Labute approximate surface area is 217 Å². The van der Waals surface area contributed by atoms with Crippen LogP contribution in [0.15, 0.2) is 77.6 Å². The van der Waals surface area contributed by atoms with Gasteiger partial charge in [0.2, 0.25) is 5.82 Å². The topological polar surface area (TPSA) is 132 Å². The molecule has 11 heteroatoms. The minimum Gasteiger partial charge on any atom is -0.480 e. The Kier molecular flexibility index (Phi) is 6.75. The lowest BCUT2D eigenvalue weighted by molar-refractivity contribution is -0.144. The number of halogens is 1. The minimum atomic E-state index is -1.01. The molecule has 2 N–H and O–H groups in total. The normalized spacial score (nSPS) is 12.8.